The van der Waals surface area contributed by atoms with Crippen molar-refractivity contribution in [2.45, 2.75) is 32.2 Å². The summed E-state index contributed by atoms with van der Waals surface area (Å²) in [6.07, 6.45) is -0.0580. The van der Waals surface area contributed by atoms with E-state index in [1.807, 2.05) is 0 Å². The predicted molar refractivity (Wildman–Crippen MR) is 71.2 cm³/mol. The Kier molecular flexibility index (Phi) is 6.13. The molecule has 118 valence electrons. The quantitative estimate of drug-likeness (QED) is 0.606. The summed E-state index contributed by atoms with van der Waals surface area (Å²) in [6.45, 7) is 2.15. The number of carbonyl (C=O) groups excluding carboxylic acids is 3. The molecular weight excluding hydrogens is 280 g/mol. The first-order valence-electron chi connectivity index (χ1n) is 6.77. The van der Waals surface area contributed by atoms with Crippen molar-refractivity contribution in [2.75, 3.05) is 20.2 Å². The standard InChI is InChI=1S/C13H20N2O6/c1-3-21-11(17)5-4-9(13(19)20)14-12(18)8-6-10(16)15(2)7-8/h8-9H,3-7H2,1-2H3,(H,14,18)(H,19,20)/t8?,9-/m0/s1. The van der Waals surface area contributed by atoms with Crippen LogP contribution in [0, 0.1) is 5.92 Å². The van der Waals surface area contributed by atoms with E-state index in [4.69, 9.17) is 9.84 Å². The van der Waals surface area contributed by atoms with Gasteiger partial charge in [0.15, 0.2) is 0 Å². The van der Waals surface area contributed by atoms with Gasteiger partial charge in [0.25, 0.3) is 0 Å². The zero-order valence-electron chi connectivity index (χ0n) is 12.1. The van der Waals surface area contributed by atoms with Gasteiger partial charge in [-0.1, -0.05) is 0 Å². The van der Waals surface area contributed by atoms with Gasteiger partial charge in [-0.25, -0.2) is 4.79 Å². The maximum atomic E-state index is 12.0. The van der Waals surface area contributed by atoms with E-state index in [9.17, 15) is 19.2 Å². The molecule has 2 amide bonds. The van der Waals surface area contributed by atoms with E-state index in [0.29, 0.717) is 0 Å². The third-order valence-corrected chi connectivity index (χ3v) is 3.27. The number of esters is 1. The summed E-state index contributed by atoms with van der Waals surface area (Å²) in [4.78, 5) is 47.1. The van der Waals surface area contributed by atoms with E-state index in [1.54, 1.807) is 14.0 Å². The topological polar surface area (TPSA) is 113 Å². The normalized spacial score (nSPS) is 19.2. The number of ether oxygens (including phenoxy) is 1. The van der Waals surface area contributed by atoms with Crippen LogP contribution in [0.15, 0.2) is 0 Å². The summed E-state index contributed by atoms with van der Waals surface area (Å²) in [6, 6.07) is -1.16. The molecule has 1 saturated heterocycles. The molecule has 8 nitrogen and oxygen atoms in total. The highest BCUT2D eigenvalue weighted by Crippen LogP contribution is 2.16. The van der Waals surface area contributed by atoms with Gasteiger partial charge >= 0.3 is 11.9 Å². The largest absolute Gasteiger partial charge is 0.480 e. The van der Waals surface area contributed by atoms with Gasteiger partial charge in [0, 0.05) is 26.4 Å². The molecule has 0 aromatic rings. The molecule has 1 rings (SSSR count). The predicted octanol–water partition coefficient (Wildman–Crippen LogP) is -0.623. The zero-order valence-corrected chi connectivity index (χ0v) is 12.1. The lowest BCUT2D eigenvalue weighted by molar-refractivity contribution is -0.145. The number of amides is 2. The summed E-state index contributed by atoms with van der Waals surface area (Å²) >= 11 is 0. The minimum atomic E-state index is -1.22. The van der Waals surface area contributed by atoms with Gasteiger partial charge in [0.2, 0.25) is 11.8 Å². The molecule has 1 aliphatic rings. The molecule has 0 aromatic carbocycles. The van der Waals surface area contributed by atoms with Crippen LogP contribution in [0.3, 0.4) is 0 Å². The molecule has 0 spiro atoms. The van der Waals surface area contributed by atoms with E-state index in [-0.39, 0.29) is 38.3 Å². The number of hydrogen-bond acceptors (Lipinski definition) is 5. The van der Waals surface area contributed by atoms with Crippen LogP contribution in [0.5, 0.6) is 0 Å². The lowest BCUT2D eigenvalue weighted by Crippen LogP contribution is -2.44. The molecule has 2 N–H and O–H groups in total. The SMILES string of the molecule is CCOC(=O)CC[C@H](NC(=O)C1CC(=O)N(C)C1)C(=O)O. The van der Waals surface area contributed by atoms with Crippen LogP contribution in [0.1, 0.15) is 26.2 Å². The highest BCUT2D eigenvalue weighted by atomic mass is 16.5. The van der Waals surface area contributed by atoms with Crippen molar-refractivity contribution < 1.29 is 29.0 Å². The number of aliphatic carboxylic acids is 1. The number of nitrogens with zero attached hydrogens (tertiary/aromatic N) is 1. The van der Waals surface area contributed by atoms with Crippen molar-refractivity contribution in [3.8, 4) is 0 Å². The third kappa shape index (κ3) is 5.05. The summed E-state index contributed by atoms with van der Waals surface area (Å²) in [5.74, 6) is -2.90. The van der Waals surface area contributed by atoms with Crippen molar-refractivity contribution >= 4 is 23.8 Å². The first-order chi connectivity index (χ1) is 9.85. The highest BCUT2D eigenvalue weighted by molar-refractivity contribution is 5.91. The Hall–Kier alpha value is -2.12. The van der Waals surface area contributed by atoms with Crippen LogP contribution in [-0.4, -0.2) is 60.0 Å². The molecule has 1 fully saturated rings. The van der Waals surface area contributed by atoms with Gasteiger partial charge in [-0.15, -0.1) is 0 Å². The smallest absolute Gasteiger partial charge is 0.326 e. The van der Waals surface area contributed by atoms with E-state index < -0.39 is 29.8 Å². The van der Waals surface area contributed by atoms with E-state index in [2.05, 4.69) is 5.32 Å². The van der Waals surface area contributed by atoms with E-state index >= 15 is 0 Å². The maximum Gasteiger partial charge on any atom is 0.326 e. The Morgan fingerprint density at radius 1 is 1.48 bits per heavy atom. The Morgan fingerprint density at radius 2 is 2.14 bits per heavy atom. The van der Waals surface area contributed by atoms with Gasteiger partial charge in [0.05, 0.1) is 12.5 Å². The van der Waals surface area contributed by atoms with Crippen molar-refractivity contribution in [3.05, 3.63) is 0 Å². The number of carboxylic acid groups (broad SMARTS) is 1. The number of rotatable bonds is 7. The van der Waals surface area contributed by atoms with Gasteiger partial charge in [0.1, 0.15) is 6.04 Å². The summed E-state index contributed by atoms with van der Waals surface area (Å²) in [5.41, 5.74) is 0. The fraction of sp³-hybridized carbons (Fsp3) is 0.692. The van der Waals surface area contributed by atoms with Crippen molar-refractivity contribution in [3.63, 3.8) is 0 Å². The van der Waals surface area contributed by atoms with Crippen molar-refractivity contribution in [1.82, 2.24) is 10.2 Å². The molecule has 21 heavy (non-hydrogen) atoms. The fourth-order valence-electron chi connectivity index (χ4n) is 2.08. The Labute approximate surface area is 122 Å². The number of carboxylic acids is 1. The summed E-state index contributed by atoms with van der Waals surface area (Å²) < 4.78 is 4.71. The second-order valence-electron chi connectivity index (χ2n) is 4.92. The Morgan fingerprint density at radius 3 is 2.62 bits per heavy atom. The van der Waals surface area contributed by atoms with Gasteiger partial charge < -0.3 is 20.1 Å². The second-order valence-corrected chi connectivity index (χ2v) is 4.92. The van der Waals surface area contributed by atoms with E-state index in [1.165, 1.54) is 4.90 Å². The number of hydrogen-bond donors (Lipinski definition) is 2. The molecule has 1 unspecified atom stereocenters. The van der Waals surface area contributed by atoms with Crippen LogP contribution in [0.25, 0.3) is 0 Å². The Bertz CT molecular complexity index is 436. The number of nitrogens with one attached hydrogen (secondary N) is 1. The minimum absolute atomic E-state index is 0.0452. The lowest BCUT2D eigenvalue weighted by Gasteiger charge is -2.16. The minimum Gasteiger partial charge on any atom is -0.480 e. The van der Waals surface area contributed by atoms with Crippen LogP contribution in [0.2, 0.25) is 0 Å². The van der Waals surface area contributed by atoms with Gasteiger partial charge in [-0.2, -0.15) is 0 Å². The fourth-order valence-corrected chi connectivity index (χ4v) is 2.08. The molecule has 1 heterocycles. The second kappa shape index (κ2) is 7.61. The molecule has 0 aliphatic carbocycles. The molecule has 8 heteroatoms. The van der Waals surface area contributed by atoms with Crippen molar-refractivity contribution in [1.29, 1.82) is 0 Å². The zero-order chi connectivity index (χ0) is 16.0. The van der Waals surface area contributed by atoms with Crippen LogP contribution in [0.4, 0.5) is 0 Å². The van der Waals surface area contributed by atoms with E-state index in [0.717, 1.165) is 0 Å². The monoisotopic (exact) mass is 300 g/mol. The lowest BCUT2D eigenvalue weighted by atomic mass is 10.1. The van der Waals surface area contributed by atoms with Crippen LogP contribution >= 0.6 is 0 Å². The first-order valence-corrected chi connectivity index (χ1v) is 6.77. The summed E-state index contributed by atoms with van der Waals surface area (Å²) in [5, 5.41) is 11.4. The van der Waals surface area contributed by atoms with Crippen LogP contribution in [-0.2, 0) is 23.9 Å². The van der Waals surface area contributed by atoms with Crippen molar-refractivity contribution in [2.24, 2.45) is 5.92 Å². The van der Waals surface area contributed by atoms with Gasteiger partial charge in [-0.05, 0) is 13.3 Å². The molecule has 1 aliphatic heterocycles. The molecular formula is C13H20N2O6. The third-order valence-electron chi connectivity index (χ3n) is 3.27. The Balaban J connectivity index is 2.50. The molecule has 2 atom stereocenters. The number of likely N-dealkylation sites (tertiary alicyclic amines) is 1. The molecule has 0 aromatic heterocycles. The van der Waals surface area contributed by atoms with Crippen LogP contribution < -0.4 is 5.32 Å². The average Bonchev–Trinajstić information content (AvgIpc) is 2.74. The summed E-state index contributed by atoms with van der Waals surface area (Å²) in [7, 11) is 1.59. The highest BCUT2D eigenvalue weighted by Gasteiger charge is 2.34. The van der Waals surface area contributed by atoms with Gasteiger partial charge in [-0.3, -0.25) is 14.4 Å². The average molecular weight is 300 g/mol. The number of carbonyl (C=O) groups is 4. The maximum absolute atomic E-state index is 12.0. The first kappa shape index (κ1) is 16.9. The molecule has 0 saturated carbocycles. The molecule has 0 bridgehead atoms. The molecule has 0 radical (unpaired) electrons.